The van der Waals surface area contributed by atoms with Crippen LogP contribution in [0.5, 0.6) is 0 Å². The van der Waals surface area contributed by atoms with Gasteiger partial charge in [0.15, 0.2) is 0 Å². The van der Waals surface area contributed by atoms with Gasteiger partial charge in [0, 0.05) is 23.8 Å². The molecule has 1 aromatic rings. The minimum Gasteiger partial charge on any atom is -0.396 e. The maximum atomic E-state index is 6.15. The second-order valence-electron chi connectivity index (χ2n) is 5.38. The standard InChI is InChI=1S/C17H29ClO2Si/c1-4-7-13-19-21(20-14-8-5-2)17(6-3)15-9-11-16(18)12-10-15/h9-12,17,21H,4-8,13-14H2,1-3H3. The van der Waals surface area contributed by atoms with Gasteiger partial charge in [-0.2, -0.15) is 0 Å². The molecule has 0 heterocycles. The van der Waals surface area contributed by atoms with Crippen molar-refractivity contribution in [3.8, 4) is 0 Å². The van der Waals surface area contributed by atoms with E-state index in [2.05, 4.69) is 32.9 Å². The Balaban J connectivity index is 2.72. The van der Waals surface area contributed by atoms with Crippen LogP contribution in [0.3, 0.4) is 0 Å². The molecule has 0 aliphatic rings. The van der Waals surface area contributed by atoms with Crippen LogP contribution in [0.1, 0.15) is 64.0 Å². The summed E-state index contributed by atoms with van der Waals surface area (Å²) < 4.78 is 12.3. The second kappa shape index (κ2) is 11.2. The summed E-state index contributed by atoms with van der Waals surface area (Å²) in [5, 5.41) is 0.783. The average Bonchev–Trinajstić information content (AvgIpc) is 2.50. The van der Waals surface area contributed by atoms with Crippen molar-refractivity contribution in [3.05, 3.63) is 34.9 Å². The van der Waals surface area contributed by atoms with E-state index in [1.807, 2.05) is 12.1 Å². The van der Waals surface area contributed by atoms with Gasteiger partial charge in [0.1, 0.15) is 0 Å². The Bertz CT molecular complexity index is 360. The third kappa shape index (κ3) is 6.96. The summed E-state index contributed by atoms with van der Waals surface area (Å²) >= 11 is 5.99. The van der Waals surface area contributed by atoms with Gasteiger partial charge in [0.05, 0.1) is 0 Å². The Labute approximate surface area is 136 Å². The number of rotatable bonds is 11. The highest BCUT2D eigenvalue weighted by molar-refractivity contribution is 6.46. The van der Waals surface area contributed by atoms with E-state index >= 15 is 0 Å². The summed E-state index contributed by atoms with van der Waals surface area (Å²) in [6.07, 6.45) is 5.59. The molecule has 0 radical (unpaired) electrons. The number of hydrogen-bond donors (Lipinski definition) is 0. The fourth-order valence-electron chi connectivity index (χ4n) is 2.26. The number of benzene rings is 1. The molecule has 0 saturated carbocycles. The lowest BCUT2D eigenvalue weighted by Gasteiger charge is -2.25. The van der Waals surface area contributed by atoms with Crippen LogP contribution in [0.15, 0.2) is 24.3 Å². The van der Waals surface area contributed by atoms with Crippen LogP contribution >= 0.6 is 11.6 Å². The van der Waals surface area contributed by atoms with E-state index in [-0.39, 0.29) is 0 Å². The van der Waals surface area contributed by atoms with Crippen LogP contribution in [-0.4, -0.2) is 22.5 Å². The lowest BCUT2D eigenvalue weighted by molar-refractivity contribution is 0.183. The van der Waals surface area contributed by atoms with Crippen molar-refractivity contribution >= 4 is 20.9 Å². The van der Waals surface area contributed by atoms with Gasteiger partial charge in [-0.25, -0.2) is 0 Å². The van der Waals surface area contributed by atoms with E-state index in [9.17, 15) is 0 Å². The van der Waals surface area contributed by atoms with E-state index in [1.165, 1.54) is 5.56 Å². The fourth-order valence-corrected chi connectivity index (χ4v) is 4.67. The van der Waals surface area contributed by atoms with Crippen molar-refractivity contribution in [2.24, 2.45) is 0 Å². The maximum Gasteiger partial charge on any atom is 0.329 e. The molecule has 1 rings (SSSR count). The summed E-state index contributed by atoms with van der Waals surface area (Å²) in [5.41, 5.74) is 1.70. The zero-order valence-electron chi connectivity index (χ0n) is 13.6. The Morgan fingerprint density at radius 2 is 1.48 bits per heavy atom. The van der Waals surface area contributed by atoms with E-state index < -0.39 is 9.28 Å². The molecule has 0 fully saturated rings. The third-order valence-electron chi connectivity index (χ3n) is 3.63. The molecule has 0 saturated heterocycles. The summed E-state index contributed by atoms with van der Waals surface area (Å²) in [6, 6.07) is 8.15. The van der Waals surface area contributed by atoms with Crippen LogP contribution in [0.25, 0.3) is 0 Å². The summed E-state index contributed by atoms with van der Waals surface area (Å²) in [5.74, 6) is 0. The first kappa shape index (κ1) is 18.7. The molecule has 2 nitrogen and oxygen atoms in total. The topological polar surface area (TPSA) is 18.5 Å². The van der Waals surface area contributed by atoms with Gasteiger partial charge in [-0.1, -0.05) is 57.3 Å². The zero-order chi connectivity index (χ0) is 15.5. The van der Waals surface area contributed by atoms with Crippen LogP contribution in [0.2, 0.25) is 5.02 Å². The van der Waals surface area contributed by atoms with Crippen molar-refractivity contribution in [1.29, 1.82) is 0 Å². The monoisotopic (exact) mass is 328 g/mol. The molecule has 120 valence electrons. The van der Waals surface area contributed by atoms with Crippen LogP contribution < -0.4 is 0 Å². The molecule has 0 amide bonds. The van der Waals surface area contributed by atoms with E-state index in [1.54, 1.807) is 0 Å². The van der Waals surface area contributed by atoms with Crippen LogP contribution in [0.4, 0.5) is 0 Å². The highest BCUT2D eigenvalue weighted by atomic mass is 35.5. The summed E-state index contributed by atoms with van der Waals surface area (Å²) in [6.45, 7) is 8.24. The lowest BCUT2D eigenvalue weighted by Crippen LogP contribution is -2.32. The Hall–Kier alpha value is -0.353. The first-order chi connectivity index (χ1) is 10.2. The first-order valence-corrected chi connectivity index (χ1v) is 10.2. The quantitative estimate of drug-likeness (QED) is 0.409. The van der Waals surface area contributed by atoms with Crippen molar-refractivity contribution in [2.45, 2.75) is 58.4 Å². The number of hydrogen-bond acceptors (Lipinski definition) is 2. The van der Waals surface area contributed by atoms with Crippen molar-refractivity contribution in [1.82, 2.24) is 0 Å². The summed E-state index contributed by atoms with van der Waals surface area (Å²) in [4.78, 5) is 0. The molecule has 0 aliphatic heterocycles. The van der Waals surface area contributed by atoms with E-state index in [4.69, 9.17) is 20.5 Å². The molecule has 21 heavy (non-hydrogen) atoms. The summed E-state index contributed by atoms with van der Waals surface area (Å²) in [7, 11) is -1.70. The SMILES string of the molecule is CCCCO[SiH](OCCCC)C(CC)c1ccc(Cl)cc1. The largest absolute Gasteiger partial charge is 0.396 e. The van der Waals surface area contributed by atoms with Gasteiger partial charge in [0.25, 0.3) is 0 Å². The van der Waals surface area contributed by atoms with Crippen LogP contribution in [-0.2, 0) is 8.85 Å². The van der Waals surface area contributed by atoms with Gasteiger partial charge >= 0.3 is 9.28 Å². The second-order valence-corrected chi connectivity index (χ2v) is 8.03. The van der Waals surface area contributed by atoms with Gasteiger partial charge in [0.2, 0.25) is 0 Å². The normalized spacial score (nSPS) is 12.8. The van der Waals surface area contributed by atoms with Crippen molar-refractivity contribution in [2.75, 3.05) is 13.2 Å². The average molecular weight is 329 g/mol. The Morgan fingerprint density at radius 3 is 1.90 bits per heavy atom. The highest BCUT2D eigenvalue weighted by Gasteiger charge is 2.26. The lowest BCUT2D eigenvalue weighted by atomic mass is 10.1. The minimum atomic E-state index is -1.70. The van der Waals surface area contributed by atoms with E-state index in [0.717, 1.165) is 50.3 Å². The zero-order valence-corrected chi connectivity index (χ0v) is 15.5. The van der Waals surface area contributed by atoms with E-state index in [0.29, 0.717) is 5.54 Å². The minimum absolute atomic E-state index is 0.399. The third-order valence-corrected chi connectivity index (χ3v) is 6.52. The molecular formula is C17H29ClO2Si. The maximum absolute atomic E-state index is 6.15. The highest BCUT2D eigenvalue weighted by Crippen LogP contribution is 2.25. The molecule has 0 spiro atoms. The van der Waals surface area contributed by atoms with Gasteiger partial charge in [-0.15, -0.1) is 0 Å². The molecule has 0 aromatic heterocycles. The smallest absolute Gasteiger partial charge is 0.329 e. The first-order valence-electron chi connectivity index (χ1n) is 8.21. The molecule has 4 heteroatoms. The van der Waals surface area contributed by atoms with Crippen molar-refractivity contribution < 1.29 is 8.85 Å². The molecule has 1 aromatic carbocycles. The molecule has 0 N–H and O–H groups in total. The molecule has 0 bridgehead atoms. The predicted octanol–water partition coefficient (Wildman–Crippen LogP) is 5.23. The van der Waals surface area contributed by atoms with Crippen molar-refractivity contribution in [3.63, 3.8) is 0 Å². The van der Waals surface area contributed by atoms with Crippen LogP contribution in [0, 0.1) is 0 Å². The molecule has 1 unspecified atom stereocenters. The Morgan fingerprint density at radius 1 is 0.952 bits per heavy atom. The molecular weight excluding hydrogens is 300 g/mol. The fraction of sp³-hybridized carbons (Fsp3) is 0.647. The number of halogens is 1. The van der Waals surface area contributed by atoms with Gasteiger partial charge < -0.3 is 8.85 Å². The van der Waals surface area contributed by atoms with Gasteiger partial charge in [-0.05, 0) is 37.0 Å². The van der Waals surface area contributed by atoms with Gasteiger partial charge in [-0.3, -0.25) is 0 Å². The predicted molar refractivity (Wildman–Crippen MR) is 93.4 cm³/mol. The molecule has 1 atom stereocenters. The Kier molecular flexibility index (Phi) is 10.0. The number of unbranched alkanes of at least 4 members (excludes halogenated alkanes) is 2. The molecule has 0 aliphatic carbocycles.